The predicted molar refractivity (Wildman–Crippen MR) is 55.0 cm³/mol. The van der Waals surface area contributed by atoms with Gasteiger partial charge in [-0.15, -0.1) is 0 Å². The predicted octanol–water partition coefficient (Wildman–Crippen LogP) is -3.14. The van der Waals surface area contributed by atoms with Gasteiger partial charge < -0.3 is 29.7 Å². The van der Waals surface area contributed by atoms with Gasteiger partial charge in [-0.1, -0.05) is 0 Å². The van der Waals surface area contributed by atoms with Crippen molar-refractivity contribution < 1.29 is 44.3 Å². The SMILES string of the molecule is Cc1cc([N+]#N)c(N(C)C)cc1C.[Cl-].[Cl-].[Zn]. The molecule has 3 nitrogen and oxygen atoms in total. The Kier molecular flexibility index (Phi) is 11.5. The summed E-state index contributed by atoms with van der Waals surface area (Å²) < 4.78 is 0. The molecule has 1 aromatic carbocycles. The maximum atomic E-state index is 8.78. The molecule has 1 aromatic rings. The molecule has 0 fully saturated rings. The van der Waals surface area contributed by atoms with E-state index < -0.39 is 0 Å². The van der Waals surface area contributed by atoms with E-state index in [1.54, 1.807) is 0 Å². The minimum atomic E-state index is 0. The molecule has 16 heavy (non-hydrogen) atoms. The molecular formula is C10H14Cl2N3Zn-. The second-order valence-electron chi connectivity index (χ2n) is 3.42. The number of aryl methyl sites for hydroxylation is 2. The summed E-state index contributed by atoms with van der Waals surface area (Å²) in [6, 6.07) is 3.90. The van der Waals surface area contributed by atoms with Gasteiger partial charge in [-0.05, 0) is 31.0 Å². The molecule has 0 aromatic heterocycles. The molecule has 0 aliphatic rings. The first-order valence-electron chi connectivity index (χ1n) is 4.20. The van der Waals surface area contributed by atoms with Crippen LogP contribution in [0.25, 0.3) is 4.98 Å². The standard InChI is InChI=1S/C10H14N3.2ClH.Zn/c1-7-5-9(12-11)10(13(3)4)6-8(7)2;;;/h5-6H,1-4H3;2*1H;/q+1;;;/p-2. The molecule has 0 N–H and O–H groups in total. The zero-order valence-corrected chi connectivity index (χ0v) is 14.4. The van der Waals surface area contributed by atoms with Crippen molar-refractivity contribution in [3.05, 3.63) is 28.2 Å². The molecule has 0 amide bonds. The minimum Gasteiger partial charge on any atom is -1.00 e. The van der Waals surface area contributed by atoms with Gasteiger partial charge in [0.1, 0.15) is 5.69 Å². The van der Waals surface area contributed by atoms with E-state index in [0.29, 0.717) is 5.69 Å². The molecule has 0 aliphatic heterocycles. The van der Waals surface area contributed by atoms with Crippen LogP contribution in [0.3, 0.4) is 0 Å². The van der Waals surface area contributed by atoms with Gasteiger partial charge in [0, 0.05) is 39.6 Å². The first-order valence-corrected chi connectivity index (χ1v) is 4.20. The molecule has 0 spiro atoms. The molecule has 1 rings (SSSR count). The Balaban J connectivity index is -0.000000563. The molecule has 0 atom stereocenters. The van der Waals surface area contributed by atoms with Crippen LogP contribution in [0.4, 0.5) is 11.4 Å². The van der Waals surface area contributed by atoms with Crippen LogP contribution in [-0.2, 0) is 19.5 Å². The van der Waals surface area contributed by atoms with Crippen LogP contribution in [0.15, 0.2) is 12.1 Å². The Morgan fingerprint density at radius 2 is 1.50 bits per heavy atom. The van der Waals surface area contributed by atoms with Crippen molar-refractivity contribution in [2.45, 2.75) is 13.8 Å². The van der Waals surface area contributed by atoms with Crippen molar-refractivity contribution >= 4 is 11.4 Å². The van der Waals surface area contributed by atoms with E-state index in [0.717, 1.165) is 11.3 Å². The minimum absolute atomic E-state index is 0. The van der Waals surface area contributed by atoms with Gasteiger partial charge in [-0.3, -0.25) is 0 Å². The van der Waals surface area contributed by atoms with Crippen molar-refractivity contribution in [3.63, 3.8) is 0 Å². The van der Waals surface area contributed by atoms with E-state index in [-0.39, 0.29) is 44.3 Å². The topological polar surface area (TPSA) is 31.4 Å². The largest absolute Gasteiger partial charge is 1.00 e. The Bertz CT molecular complexity index is 375. The van der Waals surface area contributed by atoms with Gasteiger partial charge in [0.15, 0.2) is 4.98 Å². The Hall–Kier alpha value is -0.357. The van der Waals surface area contributed by atoms with Gasteiger partial charge in [-0.25, -0.2) is 0 Å². The van der Waals surface area contributed by atoms with Gasteiger partial charge in [0.05, 0.1) is 0 Å². The van der Waals surface area contributed by atoms with E-state index in [1.807, 2.05) is 45.0 Å². The van der Waals surface area contributed by atoms with Crippen molar-refractivity contribution in [3.8, 4) is 0 Å². The molecule has 0 unspecified atom stereocenters. The van der Waals surface area contributed by atoms with E-state index in [4.69, 9.17) is 5.39 Å². The third-order valence-corrected chi connectivity index (χ3v) is 2.18. The van der Waals surface area contributed by atoms with E-state index in [2.05, 4.69) is 4.98 Å². The Morgan fingerprint density at radius 1 is 1.06 bits per heavy atom. The molecule has 0 aliphatic carbocycles. The first kappa shape index (κ1) is 21.0. The molecule has 0 saturated heterocycles. The number of hydrogen-bond acceptors (Lipinski definition) is 2. The molecule has 6 heteroatoms. The molecule has 86 valence electrons. The quantitative estimate of drug-likeness (QED) is 0.405. The molecule has 0 heterocycles. The number of halogens is 2. The van der Waals surface area contributed by atoms with Crippen molar-refractivity contribution in [2.24, 2.45) is 0 Å². The molecule has 0 bridgehead atoms. The Labute approximate surface area is 122 Å². The van der Waals surface area contributed by atoms with Crippen molar-refractivity contribution in [1.29, 1.82) is 5.39 Å². The summed E-state index contributed by atoms with van der Waals surface area (Å²) in [7, 11) is 3.86. The summed E-state index contributed by atoms with van der Waals surface area (Å²) in [4.78, 5) is 5.18. The van der Waals surface area contributed by atoms with Crippen LogP contribution in [0.1, 0.15) is 11.1 Å². The van der Waals surface area contributed by atoms with Crippen LogP contribution in [0.5, 0.6) is 0 Å². The third-order valence-electron chi connectivity index (χ3n) is 2.18. The second-order valence-corrected chi connectivity index (χ2v) is 3.42. The number of benzene rings is 1. The normalized spacial score (nSPS) is 7.69. The van der Waals surface area contributed by atoms with E-state index in [1.165, 1.54) is 5.56 Å². The summed E-state index contributed by atoms with van der Waals surface area (Å²) in [5, 5.41) is 8.78. The van der Waals surface area contributed by atoms with Crippen LogP contribution < -0.4 is 29.7 Å². The number of diazo groups is 1. The van der Waals surface area contributed by atoms with Gasteiger partial charge >= 0.3 is 5.69 Å². The molecular weight excluding hydrogens is 298 g/mol. The van der Waals surface area contributed by atoms with Crippen LogP contribution >= 0.6 is 0 Å². The fourth-order valence-corrected chi connectivity index (χ4v) is 1.22. The maximum Gasteiger partial charge on any atom is 0.408 e. The van der Waals surface area contributed by atoms with E-state index in [9.17, 15) is 0 Å². The first-order chi connectivity index (χ1) is 6.06. The number of anilines is 1. The van der Waals surface area contributed by atoms with Gasteiger partial charge in [0.25, 0.3) is 0 Å². The van der Waals surface area contributed by atoms with Crippen LogP contribution in [0, 0.1) is 19.2 Å². The third kappa shape index (κ3) is 4.66. The smallest absolute Gasteiger partial charge is 0.408 e. The van der Waals surface area contributed by atoms with E-state index >= 15 is 0 Å². The average molecular weight is 313 g/mol. The van der Waals surface area contributed by atoms with Crippen LogP contribution in [-0.4, -0.2) is 14.1 Å². The second kappa shape index (κ2) is 8.76. The fraction of sp³-hybridized carbons (Fsp3) is 0.400. The average Bonchev–Trinajstić information content (AvgIpc) is 2.08. The number of hydrogen-bond donors (Lipinski definition) is 0. The van der Waals surface area contributed by atoms with Gasteiger partial charge in [-0.2, -0.15) is 0 Å². The summed E-state index contributed by atoms with van der Waals surface area (Å²) in [5.74, 6) is 0. The molecule has 0 saturated carbocycles. The summed E-state index contributed by atoms with van der Waals surface area (Å²) in [6.07, 6.45) is 0. The van der Waals surface area contributed by atoms with Crippen molar-refractivity contribution in [2.75, 3.05) is 19.0 Å². The zero-order chi connectivity index (χ0) is 10.0. The summed E-state index contributed by atoms with van der Waals surface area (Å²) >= 11 is 0. The fourth-order valence-electron chi connectivity index (χ4n) is 1.22. The van der Waals surface area contributed by atoms with Crippen molar-refractivity contribution in [1.82, 2.24) is 0 Å². The monoisotopic (exact) mass is 310 g/mol. The van der Waals surface area contributed by atoms with Gasteiger partial charge in [0.2, 0.25) is 5.39 Å². The number of nitrogens with zero attached hydrogens (tertiary/aromatic N) is 3. The summed E-state index contributed by atoms with van der Waals surface area (Å²) in [6.45, 7) is 4.05. The van der Waals surface area contributed by atoms with Crippen LogP contribution in [0.2, 0.25) is 0 Å². The number of rotatable bonds is 1. The maximum absolute atomic E-state index is 8.78. The zero-order valence-electron chi connectivity index (χ0n) is 9.96. The molecule has 0 radical (unpaired) electrons. The Morgan fingerprint density at radius 3 is 1.88 bits per heavy atom. The summed E-state index contributed by atoms with van der Waals surface area (Å²) in [5.41, 5.74) is 3.90.